The van der Waals surface area contributed by atoms with Gasteiger partial charge in [-0.3, -0.25) is 0 Å². The van der Waals surface area contributed by atoms with Gasteiger partial charge in [-0.2, -0.15) is 0 Å². The highest BCUT2D eigenvalue weighted by Crippen LogP contribution is 2.30. The molecule has 0 radical (unpaired) electrons. The van der Waals surface area contributed by atoms with Crippen molar-refractivity contribution in [2.75, 3.05) is 0 Å². The number of hydrogen-bond donors (Lipinski definition) is 2. The average molecular weight is 190 g/mol. The Morgan fingerprint density at radius 1 is 1.21 bits per heavy atom. The van der Waals surface area contributed by atoms with Crippen LogP contribution in [0.1, 0.15) is 18.1 Å². The van der Waals surface area contributed by atoms with Crippen molar-refractivity contribution in [3.8, 4) is 0 Å². The van der Waals surface area contributed by atoms with E-state index in [0.29, 0.717) is 6.42 Å². The Labute approximate surface area is 83.5 Å². The Bertz CT molecular complexity index is 318. The Morgan fingerprint density at radius 2 is 1.93 bits per heavy atom. The molecule has 74 valence electrons. The summed E-state index contributed by atoms with van der Waals surface area (Å²) >= 11 is 0. The van der Waals surface area contributed by atoms with Crippen molar-refractivity contribution in [1.82, 2.24) is 0 Å². The molecule has 0 aromatic heterocycles. The molecule has 0 fully saturated rings. The second kappa shape index (κ2) is 3.95. The van der Waals surface area contributed by atoms with Crippen LogP contribution in [0.2, 0.25) is 0 Å². The molecule has 0 spiro atoms. The van der Waals surface area contributed by atoms with E-state index in [2.05, 4.69) is 0 Å². The maximum Gasteiger partial charge on any atom is 0.0877 e. The molecule has 2 N–H and O–H groups in total. The third kappa shape index (κ3) is 1.72. The fraction of sp³-hybridized carbons (Fsp3) is 0.333. The molecule has 2 heteroatoms. The van der Waals surface area contributed by atoms with Gasteiger partial charge in [0, 0.05) is 5.92 Å². The van der Waals surface area contributed by atoms with Crippen molar-refractivity contribution in [3.63, 3.8) is 0 Å². The number of aliphatic hydroxyl groups excluding tert-OH is 2. The van der Waals surface area contributed by atoms with Gasteiger partial charge in [-0.25, -0.2) is 0 Å². The second-order valence-electron chi connectivity index (χ2n) is 3.66. The maximum atomic E-state index is 9.98. The molecule has 14 heavy (non-hydrogen) atoms. The molecule has 1 aliphatic carbocycles. The SMILES string of the molecule is O[C@@H]1CC=C[C@H]1[C@H](O)c1ccccc1. The monoisotopic (exact) mass is 190 g/mol. The molecule has 0 unspecified atom stereocenters. The number of rotatable bonds is 2. The van der Waals surface area contributed by atoms with E-state index < -0.39 is 12.2 Å². The molecule has 1 aliphatic rings. The Kier molecular flexibility index (Phi) is 2.66. The minimum absolute atomic E-state index is 0.155. The van der Waals surface area contributed by atoms with E-state index in [4.69, 9.17) is 0 Å². The molecule has 2 rings (SSSR count). The van der Waals surface area contributed by atoms with Crippen molar-refractivity contribution in [3.05, 3.63) is 48.0 Å². The van der Waals surface area contributed by atoms with Crippen molar-refractivity contribution in [2.45, 2.75) is 18.6 Å². The van der Waals surface area contributed by atoms with Crippen LogP contribution in [0, 0.1) is 5.92 Å². The second-order valence-corrected chi connectivity index (χ2v) is 3.66. The van der Waals surface area contributed by atoms with Gasteiger partial charge in [-0.05, 0) is 12.0 Å². The van der Waals surface area contributed by atoms with Gasteiger partial charge in [-0.1, -0.05) is 42.5 Å². The topological polar surface area (TPSA) is 40.5 Å². The van der Waals surface area contributed by atoms with Crippen LogP contribution in [0.5, 0.6) is 0 Å². The first-order chi connectivity index (χ1) is 6.79. The van der Waals surface area contributed by atoms with Crippen molar-refractivity contribution in [2.24, 2.45) is 5.92 Å². The summed E-state index contributed by atoms with van der Waals surface area (Å²) < 4.78 is 0. The lowest BCUT2D eigenvalue weighted by Crippen LogP contribution is -2.21. The van der Waals surface area contributed by atoms with E-state index in [9.17, 15) is 10.2 Å². The fourth-order valence-corrected chi connectivity index (χ4v) is 1.85. The van der Waals surface area contributed by atoms with E-state index >= 15 is 0 Å². The predicted molar refractivity (Wildman–Crippen MR) is 54.7 cm³/mol. The zero-order chi connectivity index (χ0) is 9.97. The Balaban J connectivity index is 2.16. The highest BCUT2D eigenvalue weighted by molar-refractivity contribution is 5.21. The van der Waals surface area contributed by atoms with E-state index in [-0.39, 0.29) is 5.92 Å². The molecule has 0 amide bonds. The first kappa shape index (κ1) is 9.44. The fourth-order valence-electron chi connectivity index (χ4n) is 1.85. The lowest BCUT2D eigenvalue weighted by molar-refractivity contribution is 0.0456. The van der Waals surface area contributed by atoms with Crippen LogP contribution >= 0.6 is 0 Å². The minimum Gasteiger partial charge on any atom is -0.392 e. The summed E-state index contributed by atoms with van der Waals surface area (Å²) in [5.41, 5.74) is 0.864. The Morgan fingerprint density at radius 3 is 2.50 bits per heavy atom. The normalized spacial score (nSPS) is 27.9. The van der Waals surface area contributed by atoms with Gasteiger partial charge >= 0.3 is 0 Å². The lowest BCUT2D eigenvalue weighted by Gasteiger charge is -2.20. The summed E-state index contributed by atoms with van der Waals surface area (Å²) in [6.45, 7) is 0. The first-order valence-corrected chi connectivity index (χ1v) is 4.87. The van der Waals surface area contributed by atoms with E-state index in [0.717, 1.165) is 5.56 Å². The molecule has 0 bridgehead atoms. The summed E-state index contributed by atoms with van der Waals surface area (Å²) in [5, 5.41) is 19.6. The van der Waals surface area contributed by atoms with Gasteiger partial charge in [-0.15, -0.1) is 0 Å². The molecular formula is C12H14O2. The third-order valence-electron chi connectivity index (χ3n) is 2.69. The van der Waals surface area contributed by atoms with Gasteiger partial charge in [0.1, 0.15) is 0 Å². The summed E-state index contributed by atoms with van der Waals surface area (Å²) in [5.74, 6) is -0.155. The Hall–Kier alpha value is -1.12. The zero-order valence-corrected chi connectivity index (χ0v) is 7.88. The molecule has 0 saturated heterocycles. The smallest absolute Gasteiger partial charge is 0.0877 e. The standard InChI is InChI=1S/C12H14O2/c13-11-8-4-7-10(11)12(14)9-5-2-1-3-6-9/h1-7,10-14H,8H2/t10-,11-,12-/m1/s1. The highest BCUT2D eigenvalue weighted by atomic mass is 16.3. The molecule has 1 aromatic carbocycles. The molecular weight excluding hydrogens is 176 g/mol. The number of hydrogen-bond acceptors (Lipinski definition) is 2. The first-order valence-electron chi connectivity index (χ1n) is 4.87. The molecule has 0 heterocycles. The summed E-state index contributed by atoms with van der Waals surface area (Å²) in [6, 6.07) is 9.46. The molecule has 3 atom stereocenters. The summed E-state index contributed by atoms with van der Waals surface area (Å²) in [4.78, 5) is 0. The van der Waals surface area contributed by atoms with Crippen molar-refractivity contribution < 1.29 is 10.2 Å². The zero-order valence-electron chi connectivity index (χ0n) is 7.88. The van der Waals surface area contributed by atoms with Gasteiger partial charge in [0.25, 0.3) is 0 Å². The lowest BCUT2D eigenvalue weighted by atomic mass is 9.93. The van der Waals surface area contributed by atoms with Crippen LogP contribution in [-0.4, -0.2) is 16.3 Å². The largest absolute Gasteiger partial charge is 0.392 e. The maximum absolute atomic E-state index is 9.98. The quantitative estimate of drug-likeness (QED) is 0.696. The van der Waals surface area contributed by atoms with Crippen molar-refractivity contribution >= 4 is 0 Å². The van der Waals surface area contributed by atoms with Gasteiger partial charge in [0.15, 0.2) is 0 Å². The summed E-state index contributed by atoms with van der Waals surface area (Å²) in [7, 11) is 0. The minimum atomic E-state index is -0.593. The molecule has 2 nitrogen and oxygen atoms in total. The van der Waals surface area contributed by atoms with Gasteiger partial charge < -0.3 is 10.2 Å². The van der Waals surface area contributed by atoms with Crippen LogP contribution in [0.25, 0.3) is 0 Å². The van der Waals surface area contributed by atoms with Crippen molar-refractivity contribution in [1.29, 1.82) is 0 Å². The van der Waals surface area contributed by atoms with E-state index in [1.54, 1.807) is 0 Å². The average Bonchev–Trinajstić information content (AvgIpc) is 2.65. The molecule has 1 aromatic rings. The molecule has 0 aliphatic heterocycles. The van der Waals surface area contributed by atoms with Crippen LogP contribution in [-0.2, 0) is 0 Å². The highest BCUT2D eigenvalue weighted by Gasteiger charge is 2.28. The van der Waals surface area contributed by atoms with E-state index in [1.807, 2.05) is 42.5 Å². The van der Waals surface area contributed by atoms with Gasteiger partial charge in [0.2, 0.25) is 0 Å². The van der Waals surface area contributed by atoms with Crippen LogP contribution in [0.15, 0.2) is 42.5 Å². The van der Waals surface area contributed by atoms with Crippen LogP contribution in [0.4, 0.5) is 0 Å². The van der Waals surface area contributed by atoms with Crippen LogP contribution < -0.4 is 0 Å². The summed E-state index contributed by atoms with van der Waals surface area (Å²) in [6.07, 6.45) is 3.42. The van der Waals surface area contributed by atoms with E-state index in [1.165, 1.54) is 0 Å². The van der Waals surface area contributed by atoms with Gasteiger partial charge in [0.05, 0.1) is 12.2 Å². The number of aliphatic hydroxyl groups is 2. The van der Waals surface area contributed by atoms with Crippen LogP contribution in [0.3, 0.4) is 0 Å². The molecule has 0 saturated carbocycles. The number of benzene rings is 1. The predicted octanol–water partition coefficient (Wildman–Crippen LogP) is 1.66. The third-order valence-corrected chi connectivity index (χ3v) is 2.69.